The van der Waals surface area contributed by atoms with Gasteiger partial charge in [0, 0.05) is 49.7 Å². The number of furan rings is 1. The molecular formula is C71H46N2O. The molecule has 0 radical (unpaired) electrons. The van der Waals surface area contributed by atoms with Crippen LogP contribution in [0.2, 0.25) is 0 Å². The molecule has 346 valence electrons. The minimum atomic E-state index is -0.535. The van der Waals surface area contributed by atoms with Crippen LogP contribution in [-0.4, -0.2) is 4.57 Å². The van der Waals surface area contributed by atoms with E-state index in [1.54, 1.807) is 0 Å². The molecule has 15 rings (SSSR count). The van der Waals surface area contributed by atoms with Gasteiger partial charge >= 0.3 is 0 Å². The summed E-state index contributed by atoms with van der Waals surface area (Å²) in [6, 6.07) is 102. The van der Waals surface area contributed by atoms with Crippen molar-refractivity contribution in [1.82, 2.24) is 4.57 Å². The number of fused-ring (bicyclic) bond motifs is 11. The van der Waals surface area contributed by atoms with Gasteiger partial charge in [-0.05, 0) is 140 Å². The van der Waals surface area contributed by atoms with E-state index in [4.69, 9.17) is 4.42 Å². The van der Waals surface area contributed by atoms with Crippen molar-refractivity contribution >= 4 is 71.6 Å². The number of nitrogens with zero attached hydrogens (tertiary/aromatic N) is 2. The lowest BCUT2D eigenvalue weighted by molar-refractivity contribution is 0.673. The van der Waals surface area contributed by atoms with Gasteiger partial charge in [0.25, 0.3) is 0 Å². The minimum Gasteiger partial charge on any atom is -0.455 e. The molecule has 0 atom stereocenters. The number of rotatable bonds is 8. The molecule has 0 aliphatic heterocycles. The molecule has 0 N–H and O–H groups in total. The Labute approximate surface area is 429 Å². The van der Waals surface area contributed by atoms with E-state index in [0.717, 1.165) is 72.3 Å². The molecule has 1 aliphatic rings. The highest BCUT2D eigenvalue weighted by Gasteiger charge is 2.46. The third kappa shape index (κ3) is 6.40. The molecule has 2 heterocycles. The zero-order valence-corrected chi connectivity index (χ0v) is 40.4. The normalized spacial score (nSPS) is 12.7. The number of benzene rings is 12. The van der Waals surface area contributed by atoms with Gasteiger partial charge in [0.1, 0.15) is 11.2 Å². The predicted octanol–water partition coefficient (Wildman–Crippen LogP) is 19.0. The van der Waals surface area contributed by atoms with Crippen LogP contribution < -0.4 is 4.90 Å². The van der Waals surface area contributed by atoms with Gasteiger partial charge in [-0.3, -0.25) is 0 Å². The first kappa shape index (κ1) is 42.0. The first-order chi connectivity index (χ1) is 36.7. The number of hydrogen-bond donors (Lipinski definition) is 0. The van der Waals surface area contributed by atoms with Gasteiger partial charge in [-0.25, -0.2) is 0 Å². The third-order valence-electron chi connectivity index (χ3n) is 15.7. The molecule has 1 aliphatic carbocycles. The second kappa shape index (κ2) is 16.7. The van der Waals surface area contributed by atoms with Gasteiger partial charge in [0.05, 0.1) is 16.4 Å². The highest BCUT2D eigenvalue weighted by molar-refractivity contribution is 6.15. The highest BCUT2D eigenvalue weighted by atomic mass is 16.3. The summed E-state index contributed by atoms with van der Waals surface area (Å²) >= 11 is 0. The molecule has 3 heteroatoms. The van der Waals surface area contributed by atoms with Gasteiger partial charge in [-0.2, -0.15) is 0 Å². The van der Waals surface area contributed by atoms with Crippen LogP contribution in [0, 0.1) is 0 Å². The Hall–Kier alpha value is -9.70. The minimum absolute atomic E-state index is 0.535. The Bertz CT molecular complexity index is 4380. The summed E-state index contributed by atoms with van der Waals surface area (Å²) < 4.78 is 9.03. The number of para-hydroxylation sites is 2. The first-order valence-electron chi connectivity index (χ1n) is 25.5. The van der Waals surface area contributed by atoms with E-state index >= 15 is 0 Å². The fourth-order valence-electron chi connectivity index (χ4n) is 12.3. The van der Waals surface area contributed by atoms with Gasteiger partial charge < -0.3 is 13.9 Å². The van der Waals surface area contributed by atoms with Crippen molar-refractivity contribution in [2.24, 2.45) is 0 Å². The summed E-state index contributed by atoms with van der Waals surface area (Å²) in [5.41, 5.74) is 20.1. The summed E-state index contributed by atoms with van der Waals surface area (Å²) in [5.74, 6) is 0. The van der Waals surface area contributed by atoms with Gasteiger partial charge in [-0.15, -0.1) is 0 Å². The lowest BCUT2D eigenvalue weighted by atomic mass is 9.67. The molecule has 0 amide bonds. The van der Waals surface area contributed by atoms with Crippen molar-refractivity contribution in [2.75, 3.05) is 4.90 Å². The van der Waals surface area contributed by atoms with E-state index in [1.807, 2.05) is 0 Å². The average molecular weight is 943 g/mol. The van der Waals surface area contributed by atoms with Gasteiger partial charge in [-0.1, -0.05) is 200 Å². The lowest BCUT2D eigenvalue weighted by Gasteiger charge is -2.35. The van der Waals surface area contributed by atoms with E-state index in [-0.39, 0.29) is 0 Å². The molecular weight excluding hydrogens is 897 g/mol. The molecule has 0 bridgehead atoms. The number of hydrogen-bond acceptors (Lipinski definition) is 2. The second-order valence-corrected chi connectivity index (χ2v) is 19.6. The summed E-state index contributed by atoms with van der Waals surface area (Å²) in [4.78, 5) is 2.42. The Morgan fingerprint density at radius 2 is 0.865 bits per heavy atom. The number of aromatic nitrogens is 1. The zero-order valence-electron chi connectivity index (χ0n) is 40.4. The maximum atomic E-state index is 6.64. The van der Waals surface area contributed by atoms with Crippen molar-refractivity contribution in [1.29, 1.82) is 0 Å². The molecule has 3 nitrogen and oxygen atoms in total. The van der Waals surface area contributed by atoms with Crippen molar-refractivity contribution < 1.29 is 4.42 Å². The predicted molar refractivity (Wildman–Crippen MR) is 308 cm³/mol. The standard InChI is InChI=1S/C71H46N2O/c1-3-18-52(19-4-1)71(53-20-5-2-6-21-53)65-27-12-9-24-59(65)60-43-40-57(46-66(60)71)72(55-38-32-48(33-39-55)51-35-41-63-64-42-34-49-16-7-8-23-58(49)70(64)74-69(63)45-51)54-36-30-47(31-37-54)50-17-15-22-56(44-50)73-67-28-13-10-25-61(67)62-26-11-14-29-68(62)73/h1-46H. The van der Waals surface area contributed by atoms with E-state index in [9.17, 15) is 0 Å². The van der Waals surface area contributed by atoms with Gasteiger partial charge in [0.15, 0.2) is 0 Å². The first-order valence-corrected chi connectivity index (χ1v) is 25.5. The second-order valence-electron chi connectivity index (χ2n) is 19.6. The summed E-state index contributed by atoms with van der Waals surface area (Å²) in [6.45, 7) is 0. The number of anilines is 3. The maximum absolute atomic E-state index is 6.64. The van der Waals surface area contributed by atoms with Crippen LogP contribution >= 0.6 is 0 Å². The van der Waals surface area contributed by atoms with Crippen LogP contribution in [-0.2, 0) is 5.41 Å². The van der Waals surface area contributed by atoms with E-state index < -0.39 is 5.41 Å². The highest BCUT2D eigenvalue weighted by Crippen LogP contribution is 2.57. The Balaban J connectivity index is 0.869. The van der Waals surface area contributed by atoms with Crippen LogP contribution in [0.4, 0.5) is 17.1 Å². The topological polar surface area (TPSA) is 21.3 Å². The SMILES string of the molecule is c1ccc(C2(c3ccccc3)c3ccccc3-c3ccc(N(c4ccc(-c5cccc(-n6c7ccccc7c7ccccc76)c5)cc4)c4ccc(-c5ccc6c(c5)oc5c7ccccc7ccc65)cc4)cc32)cc1. The van der Waals surface area contributed by atoms with E-state index in [2.05, 4.69) is 289 Å². The van der Waals surface area contributed by atoms with Gasteiger partial charge in [0.2, 0.25) is 0 Å². The Morgan fingerprint density at radius 1 is 0.324 bits per heavy atom. The fourth-order valence-corrected chi connectivity index (χ4v) is 12.3. The summed E-state index contributed by atoms with van der Waals surface area (Å²) in [6.07, 6.45) is 0. The molecule has 0 fully saturated rings. The van der Waals surface area contributed by atoms with E-state index in [0.29, 0.717) is 0 Å². The smallest absolute Gasteiger partial charge is 0.143 e. The maximum Gasteiger partial charge on any atom is 0.143 e. The van der Waals surface area contributed by atoms with Crippen LogP contribution in [0.25, 0.3) is 93.6 Å². The fraction of sp³-hybridized carbons (Fsp3) is 0.0141. The van der Waals surface area contributed by atoms with E-state index in [1.165, 1.54) is 60.6 Å². The third-order valence-corrected chi connectivity index (χ3v) is 15.7. The molecule has 0 spiro atoms. The lowest BCUT2D eigenvalue weighted by Crippen LogP contribution is -2.28. The largest absolute Gasteiger partial charge is 0.455 e. The van der Waals surface area contributed by atoms with Crippen molar-refractivity contribution in [2.45, 2.75) is 5.41 Å². The van der Waals surface area contributed by atoms with Crippen molar-refractivity contribution in [3.05, 3.63) is 301 Å². The molecule has 14 aromatic rings. The Morgan fingerprint density at radius 3 is 1.55 bits per heavy atom. The quantitative estimate of drug-likeness (QED) is 0.151. The molecule has 0 saturated carbocycles. The molecule has 12 aromatic carbocycles. The van der Waals surface area contributed by atoms with Crippen LogP contribution in [0.3, 0.4) is 0 Å². The van der Waals surface area contributed by atoms with Crippen LogP contribution in [0.5, 0.6) is 0 Å². The van der Waals surface area contributed by atoms with Crippen molar-refractivity contribution in [3.63, 3.8) is 0 Å². The van der Waals surface area contributed by atoms with Crippen LogP contribution in [0.15, 0.2) is 283 Å². The zero-order chi connectivity index (χ0) is 48.7. The molecule has 74 heavy (non-hydrogen) atoms. The monoisotopic (exact) mass is 942 g/mol. The average Bonchev–Trinajstić information content (AvgIpc) is 4.12. The molecule has 0 unspecified atom stereocenters. The summed E-state index contributed by atoms with van der Waals surface area (Å²) in [7, 11) is 0. The molecule has 0 saturated heterocycles. The molecule has 2 aromatic heterocycles. The van der Waals surface area contributed by atoms with Crippen LogP contribution in [0.1, 0.15) is 22.3 Å². The Kier molecular flexibility index (Phi) is 9.48. The van der Waals surface area contributed by atoms with Crippen molar-refractivity contribution in [3.8, 4) is 39.1 Å². The summed E-state index contributed by atoms with van der Waals surface area (Å²) in [5, 5.41) is 7.09.